The van der Waals surface area contributed by atoms with Crippen LogP contribution < -0.4 is 5.76 Å². The molecule has 19 heavy (non-hydrogen) atoms. The standard InChI is InChI=1S/C12H11N5O2/c1-16-7-6-14-10(16)8-17-11(15-19-12(17)18)9-4-2-3-5-13-9/h2-7H,8H2,1H3. The number of aromatic nitrogens is 5. The third kappa shape index (κ3) is 2.05. The molecule has 0 aromatic carbocycles. The highest BCUT2D eigenvalue weighted by atomic mass is 16.5. The maximum atomic E-state index is 11.7. The summed E-state index contributed by atoms with van der Waals surface area (Å²) in [6.45, 7) is 0.289. The normalized spacial score (nSPS) is 10.8. The van der Waals surface area contributed by atoms with Crippen LogP contribution in [0.2, 0.25) is 0 Å². The molecule has 7 nitrogen and oxygen atoms in total. The maximum Gasteiger partial charge on any atom is 0.442 e. The highest BCUT2D eigenvalue weighted by Gasteiger charge is 2.15. The van der Waals surface area contributed by atoms with Crippen molar-refractivity contribution in [1.29, 1.82) is 0 Å². The van der Waals surface area contributed by atoms with E-state index in [0.29, 0.717) is 11.5 Å². The van der Waals surface area contributed by atoms with Gasteiger partial charge in [-0.2, -0.15) is 0 Å². The first kappa shape index (κ1) is 11.4. The van der Waals surface area contributed by atoms with Crippen molar-refractivity contribution >= 4 is 0 Å². The molecule has 0 aliphatic heterocycles. The van der Waals surface area contributed by atoms with Gasteiger partial charge in [0.2, 0.25) is 5.82 Å². The lowest BCUT2D eigenvalue weighted by Gasteiger charge is -2.04. The first-order chi connectivity index (χ1) is 9.25. The highest BCUT2D eigenvalue weighted by molar-refractivity contribution is 5.47. The lowest BCUT2D eigenvalue weighted by Crippen LogP contribution is -2.18. The molecular weight excluding hydrogens is 246 g/mol. The fraction of sp³-hybridized carbons (Fsp3) is 0.167. The molecule has 0 radical (unpaired) electrons. The van der Waals surface area contributed by atoms with Crippen molar-refractivity contribution < 1.29 is 4.52 Å². The number of pyridine rings is 1. The van der Waals surface area contributed by atoms with Crippen molar-refractivity contribution in [2.24, 2.45) is 7.05 Å². The molecule has 0 spiro atoms. The molecule has 0 N–H and O–H groups in total. The minimum absolute atomic E-state index is 0.289. The molecule has 3 rings (SSSR count). The molecule has 0 saturated heterocycles. The molecule has 0 atom stereocenters. The van der Waals surface area contributed by atoms with E-state index in [1.54, 1.807) is 24.5 Å². The monoisotopic (exact) mass is 257 g/mol. The van der Waals surface area contributed by atoms with E-state index in [1.807, 2.05) is 23.9 Å². The van der Waals surface area contributed by atoms with Crippen molar-refractivity contribution in [3.8, 4) is 11.5 Å². The minimum Gasteiger partial charge on any atom is -0.337 e. The molecule has 7 heteroatoms. The Labute approximate surface area is 108 Å². The maximum absolute atomic E-state index is 11.7. The second-order valence-corrected chi connectivity index (χ2v) is 4.03. The van der Waals surface area contributed by atoms with Crippen LogP contribution in [0.15, 0.2) is 46.1 Å². The molecule has 3 aromatic rings. The highest BCUT2D eigenvalue weighted by Crippen LogP contribution is 2.12. The van der Waals surface area contributed by atoms with Gasteiger partial charge in [-0.25, -0.2) is 14.3 Å². The van der Waals surface area contributed by atoms with Crippen LogP contribution in [-0.4, -0.2) is 24.3 Å². The second-order valence-electron chi connectivity index (χ2n) is 4.03. The Morgan fingerprint density at radius 2 is 2.16 bits per heavy atom. The fourth-order valence-electron chi connectivity index (χ4n) is 1.78. The second kappa shape index (κ2) is 4.52. The Morgan fingerprint density at radius 1 is 1.26 bits per heavy atom. The summed E-state index contributed by atoms with van der Waals surface area (Å²) in [5.41, 5.74) is 0.586. The van der Waals surface area contributed by atoms with Gasteiger partial charge < -0.3 is 4.57 Å². The van der Waals surface area contributed by atoms with Crippen molar-refractivity contribution in [2.75, 3.05) is 0 Å². The number of nitrogens with zero attached hydrogens (tertiary/aromatic N) is 5. The quantitative estimate of drug-likeness (QED) is 0.689. The smallest absolute Gasteiger partial charge is 0.337 e. The summed E-state index contributed by atoms with van der Waals surface area (Å²) in [5, 5.41) is 3.77. The summed E-state index contributed by atoms with van der Waals surface area (Å²) < 4.78 is 7.96. The summed E-state index contributed by atoms with van der Waals surface area (Å²) in [6, 6.07) is 5.39. The Bertz CT molecular complexity index is 741. The number of imidazole rings is 1. The van der Waals surface area contributed by atoms with Crippen molar-refractivity contribution in [3.63, 3.8) is 0 Å². The largest absolute Gasteiger partial charge is 0.442 e. The first-order valence-electron chi connectivity index (χ1n) is 5.70. The van der Waals surface area contributed by atoms with Crippen LogP contribution >= 0.6 is 0 Å². The number of hydrogen-bond acceptors (Lipinski definition) is 5. The van der Waals surface area contributed by atoms with E-state index in [1.165, 1.54) is 4.57 Å². The van der Waals surface area contributed by atoms with Gasteiger partial charge in [0.05, 0.1) is 6.54 Å². The summed E-state index contributed by atoms with van der Waals surface area (Å²) in [5.74, 6) is 0.611. The van der Waals surface area contributed by atoms with E-state index in [9.17, 15) is 4.79 Å². The van der Waals surface area contributed by atoms with Crippen LogP contribution in [-0.2, 0) is 13.6 Å². The van der Waals surface area contributed by atoms with Crippen LogP contribution in [0.3, 0.4) is 0 Å². The van der Waals surface area contributed by atoms with Crippen LogP contribution in [0, 0.1) is 0 Å². The molecule has 0 saturated carbocycles. The van der Waals surface area contributed by atoms with Crippen LogP contribution in [0.1, 0.15) is 5.82 Å². The number of hydrogen-bond donors (Lipinski definition) is 0. The number of aryl methyl sites for hydroxylation is 1. The van der Waals surface area contributed by atoms with Crippen LogP contribution in [0.5, 0.6) is 0 Å². The van der Waals surface area contributed by atoms with Gasteiger partial charge in [-0.1, -0.05) is 11.2 Å². The Hall–Kier alpha value is -2.70. The molecule has 3 heterocycles. The van der Waals surface area contributed by atoms with Crippen molar-refractivity contribution in [2.45, 2.75) is 6.54 Å². The molecule has 0 unspecified atom stereocenters. The summed E-state index contributed by atoms with van der Waals surface area (Å²) in [4.78, 5) is 20.1. The molecule has 0 aliphatic carbocycles. The van der Waals surface area contributed by atoms with Gasteiger partial charge in [0, 0.05) is 25.6 Å². The van der Waals surface area contributed by atoms with Gasteiger partial charge in [-0.15, -0.1) is 0 Å². The Morgan fingerprint density at radius 3 is 2.84 bits per heavy atom. The fourth-order valence-corrected chi connectivity index (χ4v) is 1.78. The SMILES string of the molecule is Cn1ccnc1Cn1c(-c2ccccn2)noc1=O. The van der Waals surface area contributed by atoms with Crippen LogP contribution in [0.25, 0.3) is 11.5 Å². The molecule has 96 valence electrons. The van der Waals surface area contributed by atoms with E-state index in [2.05, 4.69) is 15.1 Å². The van der Waals surface area contributed by atoms with E-state index in [0.717, 1.165) is 5.82 Å². The van der Waals surface area contributed by atoms with Gasteiger partial charge in [0.1, 0.15) is 11.5 Å². The van der Waals surface area contributed by atoms with Gasteiger partial charge >= 0.3 is 5.76 Å². The van der Waals surface area contributed by atoms with Crippen LogP contribution in [0.4, 0.5) is 0 Å². The zero-order valence-electron chi connectivity index (χ0n) is 10.2. The molecule has 0 amide bonds. The van der Waals surface area contributed by atoms with Gasteiger partial charge in [0.15, 0.2) is 0 Å². The Balaban J connectivity index is 2.05. The molecule has 3 aromatic heterocycles. The van der Waals surface area contributed by atoms with E-state index >= 15 is 0 Å². The van der Waals surface area contributed by atoms with E-state index < -0.39 is 5.76 Å². The van der Waals surface area contributed by atoms with E-state index in [-0.39, 0.29) is 6.54 Å². The Kier molecular flexibility index (Phi) is 2.71. The number of rotatable bonds is 3. The summed E-state index contributed by atoms with van der Waals surface area (Å²) >= 11 is 0. The van der Waals surface area contributed by atoms with Crippen molar-refractivity contribution in [3.05, 3.63) is 53.2 Å². The topological polar surface area (TPSA) is 78.7 Å². The molecule has 0 aliphatic rings. The molecule has 0 fully saturated rings. The average Bonchev–Trinajstić information content (AvgIpc) is 2.99. The van der Waals surface area contributed by atoms with Gasteiger partial charge in [-0.05, 0) is 12.1 Å². The zero-order valence-corrected chi connectivity index (χ0v) is 10.2. The molecule has 0 bridgehead atoms. The van der Waals surface area contributed by atoms with E-state index in [4.69, 9.17) is 4.52 Å². The minimum atomic E-state index is -0.524. The average molecular weight is 257 g/mol. The first-order valence-corrected chi connectivity index (χ1v) is 5.70. The molecular formula is C12H11N5O2. The zero-order chi connectivity index (χ0) is 13.2. The van der Waals surface area contributed by atoms with Crippen molar-refractivity contribution in [1.82, 2.24) is 24.3 Å². The summed E-state index contributed by atoms with van der Waals surface area (Å²) in [7, 11) is 1.86. The third-order valence-electron chi connectivity index (χ3n) is 2.80. The third-order valence-corrected chi connectivity index (χ3v) is 2.80. The predicted octanol–water partition coefficient (Wildman–Crippen LogP) is 0.680. The lowest BCUT2D eigenvalue weighted by molar-refractivity contribution is 0.377. The lowest BCUT2D eigenvalue weighted by atomic mass is 10.3. The van der Waals surface area contributed by atoms with Gasteiger partial charge in [-0.3, -0.25) is 9.51 Å². The predicted molar refractivity (Wildman–Crippen MR) is 66.3 cm³/mol. The van der Waals surface area contributed by atoms with Gasteiger partial charge in [0.25, 0.3) is 0 Å². The summed E-state index contributed by atoms with van der Waals surface area (Å²) in [6.07, 6.45) is 5.13.